The van der Waals surface area contributed by atoms with Crippen LogP contribution in [-0.4, -0.2) is 610 Å². The van der Waals surface area contributed by atoms with Crippen LogP contribution in [0.1, 0.15) is 60.8 Å². The van der Waals surface area contributed by atoms with Gasteiger partial charge in [0.1, 0.15) is 244 Å². The number of amides is 4. The molecule has 11 aliphatic rings. The number of carbonyl (C=O) groups is 7. The molecule has 11 aliphatic heterocycles. The maximum Gasteiger partial charge on any atom is 0.332 e. The van der Waals surface area contributed by atoms with E-state index >= 15 is 0 Å². The lowest BCUT2D eigenvalue weighted by atomic mass is 9.87. The molecular weight excluding hydrogens is 2120 g/mol. The summed E-state index contributed by atoms with van der Waals surface area (Å²) in [5.41, 5.74) is 0. The molecule has 4 amide bonds. The van der Waals surface area contributed by atoms with Gasteiger partial charge >= 0.3 is 11.9 Å². The molecule has 150 heavy (non-hydrogen) atoms. The van der Waals surface area contributed by atoms with Gasteiger partial charge in [-0.2, -0.15) is 0 Å². The molecule has 34 N–H and O–H groups in total. The molecule has 64 nitrogen and oxygen atoms in total. The molecule has 65 heteroatoms. The monoisotopic (exact) mass is 2250 g/mol. The van der Waals surface area contributed by atoms with Crippen LogP contribution in [0.4, 0.5) is 0 Å². The molecule has 11 heterocycles. The minimum Gasteiger partial charge on any atom is -0.410 e. The second kappa shape index (κ2) is 55.1. The van der Waals surface area contributed by atoms with E-state index in [-0.39, 0.29) is 18.3 Å². The maximum absolute atomic E-state index is 13.3. The highest BCUT2D eigenvalue weighted by Crippen LogP contribution is 2.45. The summed E-state index contributed by atoms with van der Waals surface area (Å²) < 4.78 is 137. The Bertz CT molecular complexity index is 4230. The summed E-state index contributed by atoms with van der Waals surface area (Å²) in [5.74, 6) is -11.9. The average Bonchev–Trinajstić information content (AvgIpc) is 0.762. The van der Waals surface area contributed by atoms with E-state index in [1.165, 1.54) is 13.8 Å². The normalized spacial score (nSPS) is 46.5. The van der Waals surface area contributed by atoms with Gasteiger partial charge in [-0.3, -0.25) is 33.6 Å². The van der Waals surface area contributed by atoms with Gasteiger partial charge in [0, 0.05) is 46.0 Å². The van der Waals surface area contributed by atoms with Crippen LogP contribution >= 0.6 is 15.9 Å². The number of aliphatic hydroxyl groups is 30. The highest BCUT2D eigenvalue weighted by molar-refractivity contribution is 9.09. The van der Waals surface area contributed by atoms with Crippen LogP contribution < -0.4 is 21.3 Å². The van der Waals surface area contributed by atoms with E-state index < -0.39 is 470 Å². The number of nitrogens with one attached hydrogen (secondary N) is 4. The Hall–Kier alpha value is -5.07. The SMILES string of the molecule is CC(=O)NC1C(O)[C@H](O[C@@H]2OC(CO[C@]3(OC=O)C[C@@H](O)[C@@H](C)C([C@H](O)C(O)CO)O3)[C@H](O)[C@H](O)C2O)[C@H](CO)O[C@H]1OC1[C@@H](OCC2O[C@@H](O[C@@H]3C(CO)O[C@@H](O[C@@H]4C(CO)O[C@@H](CC(=O)CBr)C(NC(C)=O)[C@H]4O)C(NC(C)=O)[C@H]3O)C(O)[C@@H](O[C@H]3OC(CO)[C@@H](O)C(O)C3O[C@@H]3OC(CO)[C@@H](O[C@@H]4OC(CO[C@]5(OC=O)C[C@@H](O)[C@@H](C)C([C@H](O)C(O)CO)O5)[C@H](O)[C@H](O)C4O)[C@H](O)C3NC(C)=O)[C@@H]2O)OC(CO)[C@@H](O)[C@@H]1O. The van der Waals surface area contributed by atoms with Gasteiger partial charge in [0.05, 0.1) is 127 Å². The largest absolute Gasteiger partial charge is 0.410 e. The molecule has 0 aromatic heterocycles. The maximum atomic E-state index is 13.3. The van der Waals surface area contributed by atoms with Crippen molar-refractivity contribution in [3.05, 3.63) is 0 Å². The molecule has 57 atom stereocenters. The van der Waals surface area contributed by atoms with Gasteiger partial charge in [0.15, 0.2) is 50.3 Å². The molecule has 0 aromatic carbocycles. The fourth-order valence-electron chi connectivity index (χ4n) is 19.4. The number of ketones is 1. The molecule has 11 saturated heterocycles. The summed E-state index contributed by atoms with van der Waals surface area (Å²) >= 11 is 3.04. The third-order valence-corrected chi connectivity index (χ3v) is 28.4. The van der Waals surface area contributed by atoms with Crippen LogP contribution in [-0.2, 0) is 143 Å². The highest BCUT2D eigenvalue weighted by atomic mass is 79.9. The van der Waals surface area contributed by atoms with Gasteiger partial charge in [-0.1, -0.05) is 29.8 Å². The van der Waals surface area contributed by atoms with Crippen LogP contribution in [0.3, 0.4) is 0 Å². The Labute approximate surface area is 859 Å². The number of ether oxygens (including phenoxy) is 23. The number of aliphatic hydroxyl groups excluding tert-OH is 30. The topological polar surface area (TPSA) is 987 Å². The molecule has 23 unspecified atom stereocenters. The highest BCUT2D eigenvalue weighted by Gasteiger charge is 2.64. The summed E-state index contributed by atoms with van der Waals surface area (Å²) in [6.07, 6.45) is -107. The molecule has 0 aromatic rings. The van der Waals surface area contributed by atoms with E-state index in [2.05, 4.69) is 37.2 Å². The Balaban J connectivity index is 0.895. The second-order valence-electron chi connectivity index (χ2n) is 38.1. The second-order valence-corrected chi connectivity index (χ2v) is 38.7. The third kappa shape index (κ3) is 28.5. The quantitative estimate of drug-likeness (QED) is 0.0153. The number of hydrogen-bond donors (Lipinski definition) is 34. The smallest absolute Gasteiger partial charge is 0.332 e. The average molecular weight is 2260 g/mol. The minimum absolute atomic E-state index is 0.206. The third-order valence-electron chi connectivity index (χ3n) is 27.7. The molecule has 866 valence electrons. The standard InChI is InChI=1S/C85H139BrN4O60/c1-24-31(106)8-84(131-22-99,149-67(24)49(110)33(108)11-91)129-20-43-53(114)60(121)64(125)79(140-43)143-70-39(16-96)137-77(47(58(70)119)89-28(5)103)147-74-62(123)51(112)36(13-93)134-82(74)128-19-42-55(116)73(66(127)81(139-42)145-72-41(18-98)136-76(46(57(72)118)88-27(4)102)142-69-38(15-95)133-35(7-30(105)10-86)45(56(69)117)87-26(3)101)146-83-75(63(124)52(113)37(14-94)135-83)148-78-48(90-29(6)104)59(120)71(40(17-97)138-78)144-80-65(126)61(122)54(115)44(141-80)21-130-85(132-23-100)9-32(107)25(2)68(150-85)50(111)34(109)12-92/h22-25,31-83,91-98,106-127H,7-21H2,1-6H3,(H,87,101)(H,88,102)(H,89,103)(H,90,104)/t24-,25-,31-,32-,33?,34?,35+,36?,37?,38?,39+,40?,41?,42?,43?,44?,45?,46?,47?,48?,49-,50-,51-,52-,53+,54+,55-,56-,57-,58?,59-,60+,61+,62+,63?,64?,65?,66?,67?,68?,69-,70-,71-,72-,73+,74?,75?,76+,77+,78+,79+,80+,81+,82+,83-,84+,85+/m1/s1. The van der Waals surface area contributed by atoms with E-state index in [0.717, 1.165) is 27.7 Å². The number of halogens is 1. The van der Waals surface area contributed by atoms with Crippen molar-refractivity contribution < 1.29 is 296 Å². The lowest BCUT2D eigenvalue weighted by Gasteiger charge is -2.51. The lowest BCUT2D eigenvalue weighted by Crippen LogP contribution is -2.71. The summed E-state index contributed by atoms with van der Waals surface area (Å²) in [7, 11) is 0. The van der Waals surface area contributed by atoms with Gasteiger partial charge in [-0.05, 0) is 0 Å². The van der Waals surface area contributed by atoms with E-state index in [1.54, 1.807) is 0 Å². The predicted molar refractivity (Wildman–Crippen MR) is 470 cm³/mol. The predicted octanol–water partition coefficient (Wildman–Crippen LogP) is -21.9. The van der Waals surface area contributed by atoms with Crippen LogP contribution in [0, 0.1) is 11.8 Å². The number of hydrogen-bond acceptors (Lipinski definition) is 60. The summed E-state index contributed by atoms with van der Waals surface area (Å²) in [4.78, 5) is 89.2. The molecular formula is C85H139BrN4O60. The lowest BCUT2D eigenvalue weighted by molar-refractivity contribution is -0.424. The first kappa shape index (κ1) is 125. The van der Waals surface area contributed by atoms with E-state index in [9.17, 15) is 187 Å². The van der Waals surface area contributed by atoms with Gasteiger partial charge in [-0.25, -0.2) is 0 Å². The van der Waals surface area contributed by atoms with Crippen molar-refractivity contribution in [2.24, 2.45) is 11.8 Å². The van der Waals surface area contributed by atoms with Crippen LogP contribution in [0.15, 0.2) is 0 Å². The Morgan fingerprint density at radius 1 is 0.327 bits per heavy atom. The van der Waals surface area contributed by atoms with Gasteiger partial charge in [0.2, 0.25) is 23.6 Å². The van der Waals surface area contributed by atoms with Gasteiger partial charge < -0.3 is 283 Å². The molecule has 11 fully saturated rings. The zero-order valence-electron chi connectivity index (χ0n) is 81.1. The molecule has 0 bridgehead atoms. The van der Waals surface area contributed by atoms with E-state index in [0.29, 0.717) is 0 Å². The molecule has 0 saturated carbocycles. The van der Waals surface area contributed by atoms with Crippen molar-refractivity contribution >= 4 is 58.3 Å². The fourth-order valence-corrected chi connectivity index (χ4v) is 19.7. The molecule has 0 aliphatic carbocycles. The van der Waals surface area contributed by atoms with Gasteiger partial charge in [0.25, 0.3) is 12.9 Å². The summed E-state index contributed by atoms with van der Waals surface area (Å²) in [5, 5.41) is 349. The zero-order valence-corrected chi connectivity index (χ0v) is 82.6. The van der Waals surface area contributed by atoms with Crippen LogP contribution in [0.25, 0.3) is 0 Å². The zero-order chi connectivity index (χ0) is 111. The number of Topliss-reactive ketones (excluding diaryl/α,β-unsaturated/α-hetero) is 1. The minimum atomic E-state index is -2.70. The van der Waals surface area contributed by atoms with E-state index in [4.69, 9.17) is 109 Å². The van der Waals surface area contributed by atoms with Crippen molar-refractivity contribution in [1.29, 1.82) is 0 Å². The number of rotatable bonds is 46. The Kier molecular flexibility index (Phi) is 46.0. The summed E-state index contributed by atoms with van der Waals surface area (Å²) in [6.45, 7) is -6.79. The van der Waals surface area contributed by atoms with Crippen LogP contribution in [0.2, 0.25) is 0 Å². The van der Waals surface area contributed by atoms with Crippen LogP contribution in [0.5, 0.6) is 0 Å². The first-order chi connectivity index (χ1) is 70.9. The Morgan fingerprint density at radius 3 is 0.967 bits per heavy atom. The number of alkyl halides is 1. The molecule has 11 rings (SSSR count). The Morgan fingerprint density at radius 2 is 0.620 bits per heavy atom. The first-order valence-electron chi connectivity index (χ1n) is 47.9. The first-order valence-corrected chi connectivity index (χ1v) is 49.0. The molecule has 0 spiro atoms. The van der Waals surface area contributed by atoms with Gasteiger partial charge in [-0.15, -0.1) is 0 Å². The van der Waals surface area contributed by atoms with Crippen molar-refractivity contribution in [1.82, 2.24) is 21.3 Å². The van der Waals surface area contributed by atoms with Crippen molar-refractivity contribution in [2.45, 2.75) is 398 Å². The number of carbonyl (C=O) groups excluding carboxylic acids is 7. The van der Waals surface area contributed by atoms with Crippen molar-refractivity contribution in [3.8, 4) is 0 Å². The van der Waals surface area contributed by atoms with Crippen molar-refractivity contribution in [2.75, 3.05) is 78.0 Å². The summed E-state index contributed by atoms with van der Waals surface area (Å²) in [6, 6.07) is -7.71. The fraction of sp³-hybridized carbons (Fsp3) is 0.918. The van der Waals surface area contributed by atoms with Crippen molar-refractivity contribution in [3.63, 3.8) is 0 Å². The van der Waals surface area contributed by atoms with E-state index in [1.807, 2.05) is 0 Å². The molecule has 0 radical (unpaired) electrons.